The van der Waals surface area contributed by atoms with Gasteiger partial charge in [0.25, 0.3) is 0 Å². The number of carbonyl (C=O) groups excluding carboxylic acids is 1. The summed E-state index contributed by atoms with van der Waals surface area (Å²) >= 11 is 0. The molecule has 2 rings (SSSR count). The molecule has 0 bridgehead atoms. The fourth-order valence-corrected chi connectivity index (χ4v) is 2.42. The standard InChI is InChI=1S/C12H19N5O/c13-11(18)10-5-1-2-7-17(10)8-9-4-3-6-15-12(9)16-14/h3-4,6,10H,1-2,5,7-8,14H2,(H2,13,18)(H,15,16). The monoisotopic (exact) mass is 249 g/mol. The predicted octanol–water partition coefficient (Wildman–Crippen LogP) is 0.207. The third kappa shape index (κ3) is 2.77. The van der Waals surface area contributed by atoms with E-state index in [1.807, 2.05) is 12.1 Å². The van der Waals surface area contributed by atoms with Gasteiger partial charge in [0.05, 0.1) is 6.04 Å². The molecule has 1 aliphatic rings. The van der Waals surface area contributed by atoms with Crippen molar-refractivity contribution in [2.45, 2.75) is 31.8 Å². The average molecular weight is 249 g/mol. The molecule has 0 spiro atoms. The number of carbonyl (C=O) groups is 1. The van der Waals surface area contributed by atoms with E-state index >= 15 is 0 Å². The fraction of sp³-hybridized carbons (Fsp3) is 0.500. The van der Waals surface area contributed by atoms with Crippen LogP contribution in [0, 0.1) is 0 Å². The molecule has 6 nitrogen and oxygen atoms in total. The van der Waals surface area contributed by atoms with Gasteiger partial charge >= 0.3 is 0 Å². The molecule has 1 aromatic rings. The number of nitrogens with one attached hydrogen (secondary N) is 1. The summed E-state index contributed by atoms with van der Waals surface area (Å²) in [6.45, 7) is 1.52. The summed E-state index contributed by atoms with van der Waals surface area (Å²) in [7, 11) is 0. The Balaban J connectivity index is 2.13. The molecule has 1 saturated heterocycles. The zero-order valence-corrected chi connectivity index (χ0v) is 10.3. The van der Waals surface area contributed by atoms with Gasteiger partial charge in [0.1, 0.15) is 5.82 Å². The van der Waals surface area contributed by atoms with E-state index in [2.05, 4.69) is 15.3 Å². The molecule has 1 aromatic heterocycles. The van der Waals surface area contributed by atoms with Crippen LogP contribution in [0.25, 0.3) is 0 Å². The lowest BCUT2D eigenvalue weighted by Gasteiger charge is -2.33. The smallest absolute Gasteiger partial charge is 0.234 e. The highest BCUT2D eigenvalue weighted by Crippen LogP contribution is 2.21. The number of nitrogens with two attached hydrogens (primary N) is 2. The number of pyridine rings is 1. The first-order valence-electron chi connectivity index (χ1n) is 6.16. The Morgan fingerprint density at radius 3 is 3.11 bits per heavy atom. The Morgan fingerprint density at radius 1 is 1.56 bits per heavy atom. The number of hydrazine groups is 1. The van der Waals surface area contributed by atoms with E-state index in [1.165, 1.54) is 0 Å². The third-order valence-electron chi connectivity index (χ3n) is 3.34. The van der Waals surface area contributed by atoms with Gasteiger partial charge in [-0.15, -0.1) is 0 Å². The quantitative estimate of drug-likeness (QED) is 0.523. The molecular formula is C12H19N5O. The van der Waals surface area contributed by atoms with Crippen LogP contribution in [-0.2, 0) is 11.3 Å². The average Bonchev–Trinajstić information content (AvgIpc) is 2.40. The van der Waals surface area contributed by atoms with Crippen LogP contribution in [0.3, 0.4) is 0 Å². The van der Waals surface area contributed by atoms with Gasteiger partial charge in [-0.3, -0.25) is 9.69 Å². The molecule has 0 aromatic carbocycles. The molecule has 1 atom stereocenters. The maximum absolute atomic E-state index is 11.4. The number of nitrogens with zero attached hydrogens (tertiary/aromatic N) is 2. The van der Waals surface area contributed by atoms with E-state index in [9.17, 15) is 4.79 Å². The number of nitrogen functional groups attached to an aromatic ring is 1. The van der Waals surface area contributed by atoms with Crippen molar-refractivity contribution in [2.75, 3.05) is 12.0 Å². The highest BCUT2D eigenvalue weighted by molar-refractivity contribution is 5.79. The zero-order valence-electron chi connectivity index (χ0n) is 10.3. The molecule has 6 heteroatoms. The van der Waals surface area contributed by atoms with Crippen molar-refractivity contribution in [1.82, 2.24) is 9.88 Å². The molecule has 1 amide bonds. The first-order valence-corrected chi connectivity index (χ1v) is 6.16. The van der Waals surface area contributed by atoms with E-state index < -0.39 is 0 Å². The highest BCUT2D eigenvalue weighted by atomic mass is 16.1. The normalized spacial score (nSPS) is 20.6. The molecule has 18 heavy (non-hydrogen) atoms. The van der Waals surface area contributed by atoms with E-state index in [1.54, 1.807) is 6.20 Å². The minimum absolute atomic E-state index is 0.176. The second-order valence-corrected chi connectivity index (χ2v) is 4.54. The number of piperidine rings is 1. The topological polar surface area (TPSA) is 97.3 Å². The van der Waals surface area contributed by atoms with Gasteiger partial charge in [-0.2, -0.15) is 0 Å². The number of aromatic nitrogens is 1. The zero-order chi connectivity index (χ0) is 13.0. The summed E-state index contributed by atoms with van der Waals surface area (Å²) in [5.41, 5.74) is 9.00. The van der Waals surface area contributed by atoms with Crippen LogP contribution in [0.4, 0.5) is 5.82 Å². The minimum Gasteiger partial charge on any atom is -0.368 e. The van der Waals surface area contributed by atoms with Gasteiger partial charge in [0.15, 0.2) is 0 Å². The Morgan fingerprint density at radius 2 is 2.39 bits per heavy atom. The Labute approximate surface area is 106 Å². The second kappa shape index (κ2) is 5.79. The van der Waals surface area contributed by atoms with Crippen molar-refractivity contribution < 1.29 is 4.79 Å². The first-order chi connectivity index (χ1) is 8.72. The van der Waals surface area contributed by atoms with Crippen LogP contribution in [0.1, 0.15) is 24.8 Å². The second-order valence-electron chi connectivity index (χ2n) is 4.54. The van der Waals surface area contributed by atoms with Gasteiger partial charge < -0.3 is 11.2 Å². The maximum Gasteiger partial charge on any atom is 0.234 e. The SMILES string of the molecule is NNc1ncccc1CN1CCCCC1C(N)=O. The van der Waals surface area contributed by atoms with E-state index in [0.29, 0.717) is 12.4 Å². The molecule has 1 unspecified atom stereocenters. The first kappa shape index (κ1) is 12.8. The highest BCUT2D eigenvalue weighted by Gasteiger charge is 2.27. The lowest BCUT2D eigenvalue weighted by atomic mass is 10.0. The number of hydrogen-bond donors (Lipinski definition) is 3. The van der Waals surface area contributed by atoms with Crippen molar-refractivity contribution >= 4 is 11.7 Å². The fourth-order valence-electron chi connectivity index (χ4n) is 2.42. The van der Waals surface area contributed by atoms with Crippen molar-refractivity contribution in [2.24, 2.45) is 11.6 Å². The van der Waals surface area contributed by atoms with Crippen molar-refractivity contribution in [1.29, 1.82) is 0 Å². The van der Waals surface area contributed by atoms with E-state index in [-0.39, 0.29) is 11.9 Å². The van der Waals surface area contributed by atoms with E-state index in [0.717, 1.165) is 31.4 Å². The predicted molar refractivity (Wildman–Crippen MR) is 69.3 cm³/mol. The summed E-state index contributed by atoms with van der Waals surface area (Å²) in [6, 6.07) is 3.64. The third-order valence-corrected chi connectivity index (χ3v) is 3.34. The number of anilines is 1. The molecule has 0 radical (unpaired) electrons. The lowest BCUT2D eigenvalue weighted by molar-refractivity contribution is -0.124. The number of likely N-dealkylation sites (tertiary alicyclic amines) is 1. The van der Waals surface area contributed by atoms with Crippen LogP contribution < -0.4 is 17.0 Å². The summed E-state index contributed by atoms with van der Waals surface area (Å²) in [6.07, 6.45) is 4.66. The molecule has 1 fully saturated rings. The van der Waals surface area contributed by atoms with Crippen molar-refractivity contribution in [3.8, 4) is 0 Å². The maximum atomic E-state index is 11.4. The Hall–Kier alpha value is -1.66. The Bertz CT molecular complexity index is 423. The van der Waals surface area contributed by atoms with Crippen LogP contribution in [0.2, 0.25) is 0 Å². The van der Waals surface area contributed by atoms with Gasteiger partial charge in [0.2, 0.25) is 5.91 Å². The van der Waals surface area contributed by atoms with Gasteiger partial charge in [-0.05, 0) is 25.5 Å². The molecular weight excluding hydrogens is 230 g/mol. The lowest BCUT2D eigenvalue weighted by Crippen LogP contribution is -2.47. The summed E-state index contributed by atoms with van der Waals surface area (Å²) in [5, 5.41) is 0. The molecule has 0 saturated carbocycles. The molecule has 1 aliphatic heterocycles. The van der Waals surface area contributed by atoms with Crippen LogP contribution >= 0.6 is 0 Å². The molecule has 2 heterocycles. The van der Waals surface area contributed by atoms with Gasteiger partial charge in [0, 0.05) is 18.3 Å². The van der Waals surface area contributed by atoms with Crippen LogP contribution in [0.5, 0.6) is 0 Å². The van der Waals surface area contributed by atoms with Crippen LogP contribution in [-0.4, -0.2) is 28.4 Å². The number of hydrogen-bond acceptors (Lipinski definition) is 5. The summed E-state index contributed by atoms with van der Waals surface area (Å²) in [4.78, 5) is 17.7. The molecule has 0 aliphatic carbocycles. The van der Waals surface area contributed by atoms with Crippen molar-refractivity contribution in [3.05, 3.63) is 23.9 Å². The summed E-state index contributed by atoms with van der Waals surface area (Å²) in [5.74, 6) is 5.82. The summed E-state index contributed by atoms with van der Waals surface area (Å²) < 4.78 is 0. The number of primary amides is 1. The molecule has 5 N–H and O–H groups in total. The minimum atomic E-state index is -0.249. The van der Waals surface area contributed by atoms with Crippen LogP contribution in [0.15, 0.2) is 18.3 Å². The van der Waals surface area contributed by atoms with E-state index in [4.69, 9.17) is 11.6 Å². The largest absolute Gasteiger partial charge is 0.368 e. The molecule has 98 valence electrons. The number of amides is 1. The Kier molecular flexibility index (Phi) is 4.11. The van der Waals surface area contributed by atoms with Gasteiger partial charge in [-0.25, -0.2) is 10.8 Å². The number of rotatable bonds is 4. The van der Waals surface area contributed by atoms with Gasteiger partial charge in [-0.1, -0.05) is 12.5 Å². The van der Waals surface area contributed by atoms with Crippen molar-refractivity contribution in [3.63, 3.8) is 0 Å².